The number of aromatic nitrogens is 3. The van der Waals surface area contributed by atoms with Crippen LogP contribution in [0.1, 0.15) is 31.8 Å². The highest BCUT2D eigenvalue weighted by molar-refractivity contribution is 6.17. The largest absolute Gasteiger partial charge is 0.313 e. The lowest BCUT2D eigenvalue weighted by molar-refractivity contribution is 0.512. The number of halogens is 1. The van der Waals surface area contributed by atoms with Gasteiger partial charge < -0.3 is 4.57 Å². The van der Waals surface area contributed by atoms with E-state index in [-0.39, 0.29) is 0 Å². The molecular weight excluding hydrogens is 246 g/mol. The molecule has 2 rings (SSSR count). The highest BCUT2D eigenvalue weighted by Gasteiger charge is 2.11. The molecule has 0 fully saturated rings. The highest BCUT2D eigenvalue weighted by Crippen LogP contribution is 2.17. The summed E-state index contributed by atoms with van der Waals surface area (Å²) in [6.45, 7) is 7.45. The van der Waals surface area contributed by atoms with Crippen LogP contribution in [0.3, 0.4) is 0 Å². The van der Waals surface area contributed by atoms with Crippen molar-refractivity contribution in [2.24, 2.45) is 5.92 Å². The molecule has 98 valence electrons. The summed E-state index contributed by atoms with van der Waals surface area (Å²) in [4.78, 5) is 9.25. The minimum Gasteiger partial charge on any atom is -0.313 e. The second-order valence-electron chi connectivity index (χ2n) is 5.10. The van der Waals surface area contributed by atoms with Crippen LogP contribution in [-0.2, 0) is 13.0 Å². The second kappa shape index (κ2) is 5.70. The second-order valence-corrected chi connectivity index (χ2v) is 5.47. The average Bonchev–Trinajstić information content (AvgIpc) is 2.64. The van der Waals surface area contributed by atoms with Crippen LogP contribution in [0.5, 0.6) is 0 Å². The fourth-order valence-electron chi connectivity index (χ4n) is 2.04. The van der Waals surface area contributed by atoms with Crippen LogP contribution in [0, 0.1) is 12.8 Å². The van der Waals surface area contributed by atoms with Crippen LogP contribution >= 0.6 is 11.6 Å². The first-order chi connectivity index (χ1) is 8.61. The molecule has 0 aliphatic carbocycles. The van der Waals surface area contributed by atoms with Crippen molar-refractivity contribution in [1.82, 2.24) is 14.5 Å². The smallest absolute Gasteiger partial charge is 0.160 e. The number of alkyl halides is 1. The first-order valence-corrected chi connectivity index (χ1v) is 7.04. The van der Waals surface area contributed by atoms with E-state index in [0.29, 0.717) is 11.8 Å². The molecule has 0 unspecified atom stereocenters. The molecule has 2 heterocycles. The molecule has 4 heteroatoms. The summed E-state index contributed by atoms with van der Waals surface area (Å²) in [6, 6.07) is 4.05. The molecule has 0 aromatic carbocycles. The van der Waals surface area contributed by atoms with Gasteiger partial charge in [-0.05, 0) is 31.4 Å². The Morgan fingerprint density at radius 2 is 2.06 bits per heavy atom. The third-order valence-corrected chi connectivity index (χ3v) is 3.25. The molecule has 18 heavy (non-hydrogen) atoms. The quantitative estimate of drug-likeness (QED) is 0.774. The molecule has 2 aromatic rings. The van der Waals surface area contributed by atoms with Gasteiger partial charge in [-0.3, -0.25) is 0 Å². The Hall–Kier alpha value is -1.09. The molecule has 0 amide bonds. The summed E-state index contributed by atoms with van der Waals surface area (Å²) in [5.74, 6) is 2.33. The lowest BCUT2D eigenvalue weighted by atomic mass is 10.1. The fraction of sp³-hybridized carbons (Fsp3) is 0.571. The van der Waals surface area contributed by atoms with Crippen LogP contribution in [0.4, 0.5) is 0 Å². The van der Waals surface area contributed by atoms with E-state index in [9.17, 15) is 0 Å². The zero-order valence-corrected chi connectivity index (χ0v) is 12.0. The van der Waals surface area contributed by atoms with Crippen molar-refractivity contribution in [3.8, 4) is 0 Å². The van der Waals surface area contributed by atoms with Gasteiger partial charge in [0.15, 0.2) is 5.65 Å². The van der Waals surface area contributed by atoms with E-state index in [1.165, 1.54) is 0 Å². The minimum absolute atomic E-state index is 0.601. The molecule has 0 saturated heterocycles. The predicted molar refractivity (Wildman–Crippen MR) is 76.1 cm³/mol. The first-order valence-electron chi connectivity index (χ1n) is 6.50. The van der Waals surface area contributed by atoms with Crippen molar-refractivity contribution in [2.45, 2.75) is 40.2 Å². The number of aryl methyl sites for hydroxylation is 3. The Kier molecular flexibility index (Phi) is 4.23. The van der Waals surface area contributed by atoms with E-state index >= 15 is 0 Å². The van der Waals surface area contributed by atoms with Gasteiger partial charge in [0.25, 0.3) is 0 Å². The van der Waals surface area contributed by atoms with Crippen LogP contribution in [-0.4, -0.2) is 20.4 Å². The molecule has 2 aromatic heterocycles. The third kappa shape index (κ3) is 2.83. The fourth-order valence-corrected chi connectivity index (χ4v) is 2.21. The van der Waals surface area contributed by atoms with Gasteiger partial charge in [0.05, 0.1) is 0 Å². The maximum absolute atomic E-state index is 5.86. The Bertz CT molecular complexity index is 531. The first kappa shape index (κ1) is 13.3. The maximum Gasteiger partial charge on any atom is 0.160 e. The zero-order valence-electron chi connectivity index (χ0n) is 11.3. The van der Waals surface area contributed by atoms with E-state index in [1.54, 1.807) is 0 Å². The molecule has 0 bridgehead atoms. The zero-order chi connectivity index (χ0) is 13.1. The van der Waals surface area contributed by atoms with Gasteiger partial charge in [0.1, 0.15) is 11.3 Å². The van der Waals surface area contributed by atoms with Gasteiger partial charge in [0, 0.05) is 24.5 Å². The topological polar surface area (TPSA) is 30.7 Å². The number of nitrogens with zero attached hydrogens (tertiary/aromatic N) is 3. The number of pyridine rings is 1. The van der Waals surface area contributed by atoms with Crippen molar-refractivity contribution in [2.75, 3.05) is 5.88 Å². The Morgan fingerprint density at radius 3 is 2.72 bits per heavy atom. The molecule has 0 spiro atoms. The van der Waals surface area contributed by atoms with E-state index in [2.05, 4.69) is 28.4 Å². The summed E-state index contributed by atoms with van der Waals surface area (Å²) >= 11 is 5.86. The van der Waals surface area contributed by atoms with Gasteiger partial charge in [-0.15, -0.1) is 11.6 Å². The molecule has 0 aliphatic heterocycles. The van der Waals surface area contributed by atoms with Gasteiger partial charge in [-0.1, -0.05) is 13.8 Å². The van der Waals surface area contributed by atoms with Crippen molar-refractivity contribution < 1.29 is 0 Å². The molecular formula is C14H20ClN3. The van der Waals surface area contributed by atoms with Gasteiger partial charge in [0.2, 0.25) is 0 Å². The normalized spacial score (nSPS) is 11.6. The van der Waals surface area contributed by atoms with E-state index in [0.717, 1.165) is 42.1 Å². The Balaban J connectivity index is 2.43. The monoisotopic (exact) mass is 265 g/mol. The lowest BCUT2D eigenvalue weighted by Gasteiger charge is -2.09. The summed E-state index contributed by atoms with van der Waals surface area (Å²) in [7, 11) is 0. The van der Waals surface area contributed by atoms with Crippen LogP contribution < -0.4 is 0 Å². The SMILES string of the molecule is Cc1ccc2nc(CCCl)n(CCC(C)C)c2n1. The maximum atomic E-state index is 5.86. The summed E-state index contributed by atoms with van der Waals surface area (Å²) < 4.78 is 2.23. The van der Waals surface area contributed by atoms with Crippen molar-refractivity contribution in [1.29, 1.82) is 0 Å². The van der Waals surface area contributed by atoms with Crippen molar-refractivity contribution in [3.63, 3.8) is 0 Å². The average molecular weight is 266 g/mol. The molecule has 0 saturated carbocycles. The number of fused-ring (bicyclic) bond motifs is 1. The standard InChI is InChI=1S/C14H20ClN3/c1-10(2)7-9-18-13(6-8-15)17-12-5-4-11(3)16-14(12)18/h4-5,10H,6-9H2,1-3H3. The Labute approximate surface area is 113 Å². The lowest BCUT2D eigenvalue weighted by Crippen LogP contribution is -2.07. The van der Waals surface area contributed by atoms with Gasteiger partial charge >= 0.3 is 0 Å². The number of rotatable bonds is 5. The minimum atomic E-state index is 0.601. The number of imidazole rings is 1. The number of hydrogen-bond donors (Lipinski definition) is 0. The predicted octanol–water partition coefficient (Wildman–Crippen LogP) is 3.57. The third-order valence-electron chi connectivity index (χ3n) is 3.06. The van der Waals surface area contributed by atoms with Gasteiger partial charge in [-0.25, -0.2) is 9.97 Å². The van der Waals surface area contributed by atoms with Gasteiger partial charge in [-0.2, -0.15) is 0 Å². The number of hydrogen-bond acceptors (Lipinski definition) is 2. The Morgan fingerprint density at radius 1 is 1.28 bits per heavy atom. The van der Waals surface area contributed by atoms with Crippen LogP contribution in [0.2, 0.25) is 0 Å². The molecule has 0 radical (unpaired) electrons. The summed E-state index contributed by atoms with van der Waals surface area (Å²) in [5, 5.41) is 0. The van der Waals surface area contributed by atoms with E-state index < -0.39 is 0 Å². The highest BCUT2D eigenvalue weighted by atomic mass is 35.5. The molecule has 0 atom stereocenters. The summed E-state index contributed by atoms with van der Waals surface area (Å²) in [5.41, 5.74) is 3.01. The summed E-state index contributed by atoms with van der Waals surface area (Å²) in [6.07, 6.45) is 1.94. The van der Waals surface area contributed by atoms with Crippen molar-refractivity contribution in [3.05, 3.63) is 23.7 Å². The van der Waals surface area contributed by atoms with Crippen molar-refractivity contribution >= 4 is 22.8 Å². The molecule has 3 nitrogen and oxygen atoms in total. The molecule has 0 N–H and O–H groups in total. The van der Waals surface area contributed by atoms with E-state index in [1.807, 2.05) is 19.1 Å². The van der Waals surface area contributed by atoms with E-state index in [4.69, 9.17) is 11.6 Å². The van der Waals surface area contributed by atoms with Crippen LogP contribution in [0.25, 0.3) is 11.2 Å². The van der Waals surface area contributed by atoms with Crippen LogP contribution in [0.15, 0.2) is 12.1 Å². The molecule has 0 aliphatic rings.